The first-order chi connectivity index (χ1) is 11.7. The van der Waals surface area contributed by atoms with Gasteiger partial charge >= 0.3 is 0 Å². The monoisotopic (exact) mass is 359 g/mol. The van der Waals surface area contributed by atoms with E-state index in [-0.39, 0.29) is 11.9 Å². The number of carbonyl (C=O) groups excluding carboxylic acids is 1. The van der Waals surface area contributed by atoms with Gasteiger partial charge in [0.05, 0.1) is 10.9 Å². The van der Waals surface area contributed by atoms with Crippen molar-refractivity contribution in [2.45, 2.75) is 32.2 Å². The summed E-state index contributed by atoms with van der Waals surface area (Å²) in [6.45, 7) is 2.61. The summed E-state index contributed by atoms with van der Waals surface area (Å²) in [6, 6.07) is 5.93. The van der Waals surface area contributed by atoms with E-state index >= 15 is 0 Å². The number of hydrogen-bond donors (Lipinski definition) is 0. The smallest absolute Gasteiger partial charge is 0.273 e. The Labute approximate surface area is 147 Å². The van der Waals surface area contributed by atoms with Crippen molar-refractivity contribution in [3.63, 3.8) is 0 Å². The van der Waals surface area contributed by atoms with Crippen LogP contribution in [0.1, 0.15) is 47.2 Å². The number of thiophene rings is 1. The van der Waals surface area contributed by atoms with E-state index in [4.69, 9.17) is 4.52 Å². The van der Waals surface area contributed by atoms with Crippen LogP contribution in [0.4, 0.5) is 0 Å². The van der Waals surface area contributed by atoms with Gasteiger partial charge < -0.3 is 9.42 Å². The van der Waals surface area contributed by atoms with Crippen LogP contribution < -0.4 is 0 Å². The summed E-state index contributed by atoms with van der Waals surface area (Å²) in [7, 11) is 0. The standard InChI is InChI=1S/C17H17N3O2S2/c1-11-9-12(19-22-11)14-5-2-3-7-20(14)17(21)13-10-24-16(18-13)15-6-4-8-23-15/h4,6,8-10,14H,2-3,5,7H2,1H3/t14-/m1/s1. The number of aryl methyl sites for hydroxylation is 1. The van der Waals surface area contributed by atoms with Gasteiger partial charge in [0.2, 0.25) is 0 Å². The summed E-state index contributed by atoms with van der Waals surface area (Å²) in [5, 5.41) is 8.91. The van der Waals surface area contributed by atoms with Gasteiger partial charge in [0.1, 0.15) is 22.2 Å². The summed E-state index contributed by atoms with van der Waals surface area (Å²) >= 11 is 3.16. The van der Waals surface area contributed by atoms with Crippen LogP contribution in [-0.2, 0) is 0 Å². The van der Waals surface area contributed by atoms with Crippen LogP contribution in [-0.4, -0.2) is 27.5 Å². The molecule has 0 unspecified atom stereocenters. The highest BCUT2D eigenvalue weighted by molar-refractivity contribution is 7.20. The van der Waals surface area contributed by atoms with Gasteiger partial charge in [-0.25, -0.2) is 4.98 Å². The number of nitrogens with zero attached hydrogens (tertiary/aromatic N) is 3. The fourth-order valence-electron chi connectivity index (χ4n) is 3.06. The normalized spacial score (nSPS) is 18.0. The van der Waals surface area contributed by atoms with Crippen molar-refractivity contribution in [3.05, 3.63) is 46.1 Å². The lowest BCUT2D eigenvalue weighted by Gasteiger charge is -2.34. The van der Waals surface area contributed by atoms with E-state index in [1.54, 1.807) is 11.3 Å². The zero-order chi connectivity index (χ0) is 16.5. The molecule has 3 aromatic rings. The first-order valence-electron chi connectivity index (χ1n) is 7.96. The zero-order valence-corrected chi connectivity index (χ0v) is 14.9. The van der Waals surface area contributed by atoms with E-state index in [9.17, 15) is 4.79 Å². The van der Waals surface area contributed by atoms with Gasteiger partial charge in [-0.05, 0) is 37.6 Å². The molecule has 7 heteroatoms. The summed E-state index contributed by atoms with van der Waals surface area (Å²) in [5.74, 6) is 0.760. The first-order valence-corrected chi connectivity index (χ1v) is 9.72. The molecule has 4 heterocycles. The highest BCUT2D eigenvalue weighted by Gasteiger charge is 2.31. The molecule has 1 fully saturated rings. The predicted molar refractivity (Wildman–Crippen MR) is 94.3 cm³/mol. The number of thiazole rings is 1. The fraction of sp³-hybridized carbons (Fsp3) is 0.353. The van der Waals surface area contributed by atoms with Crippen molar-refractivity contribution in [3.8, 4) is 9.88 Å². The maximum Gasteiger partial charge on any atom is 0.273 e. The SMILES string of the molecule is Cc1cc([C@H]2CCCCN2C(=O)c2csc(-c3cccs3)n2)no1. The lowest BCUT2D eigenvalue weighted by molar-refractivity contribution is 0.0596. The van der Waals surface area contributed by atoms with Gasteiger partial charge in [-0.3, -0.25) is 4.79 Å². The number of likely N-dealkylation sites (tertiary alicyclic amines) is 1. The number of hydrogen-bond acceptors (Lipinski definition) is 6. The summed E-state index contributed by atoms with van der Waals surface area (Å²) in [5.41, 5.74) is 1.37. The van der Waals surface area contributed by atoms with Gasteiger partial charge in [-0.1, -0.05) is 11.2 Å². The van der Waals surface area contributed by atoms with Crippen molar-refractivity contribution < 1.29 is 9.32 Å². The molecule has 0 radical (unpaired) electrons. The van der Waals surface area contributed by atoms with Gasteiger partial charge in [0.25, 0.3) is 5.91 Å². The van der Waals surface area contributed by atoms with E-state index in [0.717, 1.165) is 47.1 Å². The van der Waals surface area contributed by atoms with E-state index in [1.165, 1.54) is 11.3 Å². The second kappa shape index (κ2) is 6.49. The van der Waals surface area contributed by atoms with Crippen LogP contribution >= 0.6 is 22.7 Å². The Bertz CT molecular complexity index is 838. The molecule has 3 aromatic heterocycles. The molecular weight excluding hydrogens is 342 g/mol. The number of amides is 1. The molecule has 1 atom stereocenters. The van der Waals surface area contributed by atoms with Gasteiger partial charge in [0, 0.05) is 18.0 Å². The molecule has 0 aliphatic carbocycles. The molecule has 0 saturated carbocycles. The van der Waals surface area contributed by atoms with Gasteiger partial charge in [-0.15, -0.1) is 22.7 Å². The van der Waals surface area contributed by atoms with Crippen LogP contribution in [0.2, 0.25) is 0 Å². The van der Waals surface area contributed by atoms with Crippen LogP contribution in [0, 0.1) is 6.92 Å². The fourth-order valence-corrected chi connectivity index (χ4v) is 4.67. The van der Waals surface area contributed by atoms with E-state index in [0.29, 0.717) is 5.69 Å². The van der Waals surface area contributed by atoms with E-state index < -0.39 is 0 Å². The van der Waals surface area contributed by atoms with Crippen LogP contribution in [0.5, 0.6) is 0 Å². The topological polar surface area (TPSA) is 59.2 Å². The van der Waals surface area contributed by atoms with Crippen molar-refractivity contribution >= 4 is 28.6 Å². The third-order valence-electron chi connectivity index (χ3n) is 4.21. The minimum atomic E-state index is -0.0180. The number of rotatable bonds is 3. The molecule has 5 nitrogen and oxygen atoms in total. The minimum absolute atomic E-state index is 0.0144. The summed E-state index contributed by atoms with van der Waals surface area (Å²) in [6.07, 6.45) is 3.03. The molecule has 1 amide bonds. The Morgan fingerprint density at radius 3 is 3.04 bits per heavy atom. The van der Waals surface area contributed by atoms with Crippen LogP contribution in [0.3, 0.4) is 0 Å². The molecule has 0 bridgehead atoms. The van der Waals surface area contributed by atoms with Crippen molar-refractivity contribution in [2.24, 2.45) is 0 Å². The lowest BCUT2D eigenvalue weighted by atomic mass is 9.99. The summed E-state index contributed by atoms with van der Waals surface area (Å²) in [4.78, 5) is 20.5. The van der Waals surface area contributed by atoms with Gasteiger partial charge in [-0.2, -0.15) is 0 Å². The van der Waals surface area contributed by atoms with Crippen molar-refractivity contribution in [1.29, 1.82) is 0 Å². The lowest BCUT2D eigenvalue weighted by Crippen LogP contribution is -2.38. The van der Waals surface area contributed by atoms with E-state index in [1.807, 2.05) is 40.8 Å². The quantitative estimate of drug-likeness (QED) is 0.689. The number of aromatic nitrogens is 2. The molecule has 4 rings (SSSR count). The molecule has 0 N–H and O–H groups in total. The maximum atomic E-state index is 13.0. The first kappa shape index (κ1) is 15.5. The zero-order valence-electron chi connectivity index (χ0n) is 13.3. The number of piperidine rings is 1. The molecule has 1 aliphatic rings. The molecule has 0 aromatic carbocycles. The molecular formula is C17H17N3O2S2. The molecule has 24 heavy (non-hydrogen) atoms. The van der Waals surface area contributed by atoms with Crippen LogP contribution in [0.15, 0.2) is 33.5 Å². The average molecular weight is 359 g/mol. The largest absolute Gasteiger partial charge is 0.361 e. The average Bonchev–Trinajstić information content (AvgIpc) is 3.34. The third kappa shape index (κ3) is 2.89. The number of carbonyl (C=O) groups is 1. The molecule has 0 spiro atoms. The summed E-state index contributed by atoms with van der Waals surface area (Å²) < 4.78 is 5.20. The second-order valence-corrected chi connectivity index (χ2v) is 7.69. The Hall–Kier alpha value is -1.99. The predicted octanol–water partition coefficient (Wildman–Crippen LogP) is 4.54. The van der Waals surface area contributed by atoms with Crippen molar-refractivity contribution in [1.82, 2.24) is 15.0 Å². The van der Waals surface area contributed by atoms with Crippen molar-refractivity contribution in [2.75, 3.05) is 6.54 Å². The minimum Gasteiger partial charge on any atom is -0.361 e. The Kier molecular flexibility index (Phi) is 4.20. The third-order valence-corrected chi connectivity index (χ3v) is 6.09. The van der Waals surface area contributed by atoms with E-state index in [2.05, 4.69) is 10.1 Å². The maximum absolute atomic E-state index is 13.0. The van der Waals surface area contributed by atoms with Gasteiger partial charge in [0.15, 0.2) is 0 Å². The Morgan fingerprint density at radius 2 is 2.29 bits per heavy atom. The second-order valence-electron chi connectivity index (χ2n) is 5.89. The molecule has 124 valence electrons. The highest BCUT2D eigenvalue weighted by Crippen LogP contribution is 2.33. The Balaban J connectivity index is 1.60. The Morgan fingerprint density at radius 1 is 1.38 bits per heavy atom. The molecule has 1 saturated heterocycles. The highest BCUT2D eigenvalue weighted by atomic mass is 32.1. The molecule has 1 aliphatic heterocycles. The van der Waals surface area contributed by atoms with Crippen LogP contribution in [0.25, 0.3) is 9.88 Å².